The Morgan fingerprint density at radius 2 is 1.55 bits per heavy atom. The van der Waals surface area contributed by atoms with Crippen molar-refractivity contribution in [3.63, 3.8) is 0 Å². The number of hydrogen-bond donors (Lipinski definition) is 1. The lowest BCUT2D eigenvalue weighted by atomic mass is 10.0. The third kappa shape index (κ3) is 5.99. The predicted octanol–water partition coefficient (Wildman–Crippen LogP) is 6.15. The maximum atomic E-state index is 13.5. The molecule has 1 saturated heterocycles. The van der Waals surface area contributed by atoms with Gasteiger partial charge in [-0.15, -0.1) is 0 Å². The van der Waals surface area contributed by atoms with Gasteiger partial charge in [-0.25, -0.2) is 0 Å². The van der Waals surface area contributed by atoms with Crippen molar-refractivity contribution in [2.45, 2.75) is 32.0 Å². The molecule has 0 aliphatic carbocycles. The molecule has 2 aliphatic heterocycles. The number of nitro benzene ring substituents is 1. The third-order valence-electron chi connectivity index (χ3n) is 8.59. The summed E-state index contributed by atoms with van der Waals surface area (Å²) in [5, 5.41) is 14.5. The van der Waals surface area contributed by atoms with Crippen molar-refractivity contribution < 1.29 is 14.5 Å². The summed E-state index contributed by atoms with van der Waals surface area (Å²) in [7, 11) is 0. The summed E-state index contributed by atoms with van der Waals surface area (Å²) in [6, 6.07) is 32.1. The molecule has 0 spiro atoms. The molecule has 1 fully saturated rings. The monoisotopic (exact) mass is 589 g/mol. The Kier molecular flexibility index (Phi) is 8.27. The summed E-state index contributed by atoms with van der Waals surface area (Å²) in [5.41, 5.74) is 5.34. The van der Waals surface area contributed by atoms with Crippen molar-refractivity contribution >= 4 is 28.9 Å². The lowest BCUT2D eigenvalue weighted by Gasteiger charge is -2.36. The SMILES string of the molecule is CC(CCc1ccccc1)N1C(=O)c2ccccc2C1Nc1ccc(C(=O)N2CCN(c3ccc([N+](=O)[O-])cc3)CC2)cc1. The van der Waals surface area contributed by atoms with Crippen molar-refractivity contribution in [1.82, 2.24) is 9.80 Å². The van der Waals surface area contributed by atoms with Crippen LogP contribution in [0, 0.1) is 10.1 Å². The highest BCUT2D eigenvalue weighted by molar-refractivity contribution is 6.00. The van der Waals surface area contributed by atoms with E-state index in [4.69, 9.17) is 0 Å². The summed E-state index contributed by atoms with van der Waals surface area (Å²) in [6.45, 7) is 4.52. The molecule has 44 heavy (non-hydrogen) atoms. The first-order valence-electron chi connectivity index (χ1n) is 15.0. The average molecular weight is 590 g/mol. The zero-order valence-corrected chi connectivity index (χ0v) is 24.6. The first kappa shape index (κ1) is 28.9. The van der Waals surface area contributed by atoms with Gasteiger partial charge in [-0.2, -0.15) is 0 Å². The van der Waals surface area contributed by atoms with Crippen LogP contribution in [0.1, 0.15) is 51.4 Å². The predicted molar refractivity (Wildman–Crippen MR) is 171 cm³/mol. The molecule has 9 heteroatoms. The van der Waals surface area contributed by atoms with Crippen LogP contribution >= 0.6 is 0 Å². The minimum atomic E-state index is -0.406. The quantitative estimate of drug-likeness (QED) is 0.186. The molecule has 0 radical (unpaired) electrons. The fourth-order valence-corrected chi connectivity index (χ4v) is 6.10. The highest BCUT2D eigenvalue weighted by Crippen LogP contribution is 2.37. The number of piperazine rings is 1. The van der Waals surface area contributed by atoms with Crippen molar-refractivity contribution in [1.29, 1.82) is 0 Å². The molecule has 2 aliphatic rings. The minimum absolute atomic E-state index is 0.0122. The average Bonchev–Trinajstić information content (AvgIpc) is 3.35. The van der Waals surface area contributed by atoms with Crippen LogP contribution in [0.25, 0.3) is 0 Å². The smallest absolute Gasteiger partial charge is 0.269 e. The number of amides is 2. The van der Waals surface area contributed by atoms with Gasteiger partial charge in [0.2, 0.25) is 0 Å². The third-order valence-corrected chi connectivity index (χ3v) is 8.59. The van der Waals surface area contributed by atoms with Gasteiger partial charge in [0.1, 0.15) is 6.17 Å². The molecule has 0 saturated carbocycles. The second-order valence-corrected chi connectivity index (χ2v) is 11.3. The van der Waals surface area contributed by atoms with Gasteiger partial charge in [-0.1, -0.05) is 48.5 Å². The Morgan fingerprint density at radius 3 is 2.23 bits per heavy atom. The largest absolute Gasteiger partial charge is 0.368 e. The van der Waals surface area contributed by atoms with Crippen LogP contribution in [0.4, 0.5) is 17.1 Å². The van der Waals surface area contributed by atoms with E-state index in [1.807, 2.05) is 76.5 Å². The second kappa shape index (κ2) is 12.6. The number of benzene rings is 4. The lowest BCUT2D eigenvalue weighted by molar-refractivity contribution is -0.384. The van der Waals surface area contributed by atoms with Crippen molar-refractivity contribution in [3.8, 4) is 0 Å². The number of rotatable bonds is 9. The summed E-state index contributed by atoms with van der Waals surface area (Å²) >= 11 is 0. The second-order valence-electron chi connectivity index (χ2n) is 11.3. The molecule has 2 atom stereocenters. The van der Waals surface area contributed by atoms with Crippen LogP contribution in [0.2, 0.25) is 0 Å². The molecular formula is C35H35N5O4. The van der Waals surface area contributed by atoms with E-state index in [0.717, 1.165) is 35.3 Å². The summed E-state index contributed by atoms with van der Waals surface area (Å²) in [5.74, 6) is -0.00391. The Hall–Kier alpha value is -5.18. The molecular weight excluding hydrogens is 554 g/mol. The van der Waals surface area contributed by atoms with E-state index in [9.17, 15) is 19.7 Å². The van der Waals surface area contributed by atoms with Gasteiger partial charge in [0, 0.05) is 72.4 Å². The van der Waals surface area contributed by atoms with E-state index in [-0.39, 0.29) is 29.7 Å². The topological polar surface area (TPSA) is 99.0 Å². The normalized spacial score (nSPS) is 16.9. The standard InChI is InChI=1S/C35H35N5O4/c1-25(11-12-26-7-3-2-4-8-26)39-33(31-9-5-6-10-32(31)35(39)42)36-28-15-13-27(14-16-28)34(41)38-23-21-37(22-24-38)29-17-19-30(20-18-29)40(43)44/h2-10,13-20,25,33,36H,11-12,21-24H2,1H3. The van der Waals surface area contributed by atoms with Crippen molar-refractivity contribution in [3.05, 3.63) is 135 Å². The molecule has 2 heterocycles. The summed E-state index contributed by atoms with van der Waals surface area (Å²) in [4.78, 5) is 43.3. The number of non-ortho nitro benzene ring substituents is 1. The molecule has 0 aromatic heterocycles. The number of aryl methyl sites for hydroxylation is 1. The number of nitro groups is 1. The zero-order chi connectivity index (χ0) is 30.6. The van der Waals surface area contributed by atoms with Crippen LogP contribution in [0.15, 0.2) is 103 Å². The van der Waals surface area contributed by atoms with Crippen molar-refractivity contribution in [2.75, 3.05) is 36.4 Å². The summed E-state index contributed by atoms with van der Waals surface area (Å²) < 4.78 is 0. The molecule has 0 bridgehead atoms. The zero-order valence-electron chi connectivity index (χ0n) is 24.6. The van der Waals surface area contributed by atoms with E-state index in [0.29, 0.717) is 31.7 Å². The molecule has 6 rings (SSSR count). The first-order chi connectivity index (χ1) is 21.4. The van der Waals surface area contributed by atoms with Gasteiger partial charge in [-0.05, 0) is 67.8 Å². The Labute approximate surface area is 256 Å². The van der Waals surface area contributed by atoms with Gasteiger partial charge < -0.3 is 20.0 Å². The number of carbonyl (C=O) groups excluding carboxylic acids is 2. The van der Waals surface area contributed by atoms with Gasteiger partial charge in [0.05, 0.1) is 4.92 Å². The van der Waals surface area contributed by atoms with E-state index in [1.165, 1.54) is 17.7 Å². The number of fused-ring (bicyclic) bond motifs is 1. The molecule has 1 N–H and O–H groups in total. The number of carbonyl (C=O) groups is 2. The molecule has 2 amide bonds. The lowest BCUT2D eigenvalue weighted by Crippen LogP contribution is -2.48. The Bertz CT molecular complexity index is 1630. The Morgan fingerprint density at radius 1 is 0.886 bits per heavy atom. The molecule has 2 unspecified atom stereocenters. The minimum Gasteiger partial charge on any atom is -0.368 e. The maximum Gasteiger partial charge on any atom is 0.269 e. The molecule has 9 nitrogen and oxygen atoms in total. The van der Waals surface area contributed by atoms with E-state index in [1.54, 1.807) is 12.1 Å². The van der Waals surface area contributed by atoms with E-state index >= 15 is 0 Å². The molecule has 224 valence electrons. The summed E-state index contributed by atoms with van der Waals surface area (Å²) in [6.07, 6.45) is 1.42. The molecule has 4 aromatic rings. The molecule has 4 aromatic carbocycles. The Balaban J connectivity index is 1.10. The highest BCUT2D eigenvalue weighted by atomic mass is 16.6. The number of anilines is 2. The van der Waals surface area contributed by atoms with Gasteiger partial charge in [0.25, 0.3) is 17.5 Å². The van der Waals surface area contributed by atoms with E-state index < -0.39 is 4.92 Å². The van der Waals surface area contributed by atoms with Crippen LogP contribution in [0.3, 0.4) is 0 Å². The number of nitrogens with one attached hydrogen (secondary N) is 1. The van der Waals surface area contributed by atoms with Gasteiger partial charge >= 0.3 is 0 Å². The van der Waals surface area contributed by atoms with Gasteiger partial charge in [-0.3, -0.25) is 19.7 Å². The maximum absolute atomic E-state index is 13.5. The highest BCUT2D eigenvalue weighted by Gasteiger charge is 2.39. The first-order valence-corrected chi connectivity index (χ1v) is 15.0. The van der Waals surface area contributed by atoms with Gasteiger partial charge in [0.15, 0.2) is 0 Å². The fourth-order valence-electron chi connectivity index (χ4n) is 6.10. The van der Waals surface area contributed by atoms with Crippen LogP contribution in [-0.4, -0.2) is 58.8 Å². The fraction of sp³-hybridized carbons (Fsp3) is 0.257. The number of nitrogens with zero attached hydrogens (tertiary/aromatic N) is 4. The van der Waals surface area contributed by atoms with Crippen LogP contribution in [0.5, 0.6) is 0 Å². The van der Waals surface area contributed by atoms with Crippen LogP contribution in [-0.2, 0) is 6.42 Å². The number of hydrogen-bond acceptors (Lipinski definition) is 6. The van der Waals surface area contributed by atoms with Crippen molar-refractivity contribution in [2.24, 2.45) is 0 Å². The van der Waals surface area contributed by atoms with Crippen LogP contribution < -0.4 is 10.2 Å². The van der Waals surface area contributed by atoms with E-state index in [2.05, 4.69) is 29.3 Å².